The first-order valence-electron chi connectivity index (χ1n) is 9.71. The molecule has 1 aliphatic heterocycles. The standard InChI is InChI=1S/C22H27N3O2/c1-24(21-11-6-17-4-2-3-5-20(17)21)16-22(26)23-18-7-9-19(10-8-18)25-12-14-27-15-13-25/h2-5,7-10,21H,6,11-16H2,1H3,(H,23,26)/t21-/m0/s1. The minimum atomic E-state index is 0.0287. The molecule has 1 saturated heterocycles. The Kier molecular flexibility index (Phi) is 5.41. The predicted molar refractivity (Wildman–Crippen MR) is 108 cm³/mol. The number of carbonyl (C=O) groups excluding carboxylic acids is 1. The Morgan fingerprint density at radius 3 is 2.67 bits per heavy atom. The van der Waals surface area contributed by atoms with Crippen LogP contribution in [0.1, 0.15) is 23.6 Å². The molecule has 1 N–H and O–H groups in total. The Bertz CT molecular complexity index is 784. The topological polar surface area (TPSA) is 44.8 Å². The normalized spacial score (nSPS) is 19.2. The molecule has 5 heteroatoms. The van der Waals surface area contributed by atoms with Crippen molar-refractivity contribution in [1.82, 2.24) is 4.90 Å². The third-order valence-electron chi connectivity index (χ3n) is 5.55. The van der Waals surface area contributed by atoms with Gasteiger partial charge in [-0.25, -0.2) is 0 Å². The van der Waals surface area contributed by atoms with E-state index in [1.165, 1.54) is 16.8 Å². The number of ether oxygens (including phenoxy) is 1. The molecule has 2 aromatic rings. The van der Waals surface area contributed by atoms with Gasteiger partial charge in [-0.2, -0.15) is 0 Å². The lowest BCUT2D eigenvalue weighted by atomic mass is 10.1. The molecule has 0 bridgehead atoms. The van der Waals surface area contributed by atoms with Crippen molar-refractivity contribution in [1.29, 1.82) is 0 Å². The molecule has 1 heterocycles. The third kappa shape index (κ3) is 4.15. The molecule has 0 unspecified atom stereocenters. The van der Waals surface area contributed by atoms with Crippen molar-refractivity contribution < 1.29 is 9.53 Å². The fraction of sp³-hybridized carbons (Fsp3) is 0.409. The second kappa shape index (κ2) is 8.11. The van der Waals surface area contributed by atoms with Gasteiger partial charge in [-0.15, -0.1) is 0 Å². The van der Waals surface area contributed by atoms with E-state index in [4.69, 9.17) is 4.74 Å². The number of nitrogens with one attached hydrogen (secondary N) is 1. The Hall–Kier alpha value is -2.37. The summed E-state index contributed by atoms with van der Waals surface area (Å²) < 4.78 is 5.40. The fourth-order valence-corrected chi connectivity index (χ4v) is 4.11. The van der Waals surface area contributed by atoms with Gasteiger partial charge < -0.3 is 15.0 Å². The van der Waals surface area contributed by atoms with Gasteiger partial charge in [0.1, 0.15) is 0 Å². The van der Waals surface area contributed by atoms with Crippen molar-refractivity contribution in [3.63, 3.8) is 0 Å². The van der Waals surface area contributed by atoms with Crippen LogP contribution in [0.2, 0.25) is 0 Å². The molecule has 1 aliphatic carbocycles. The minimum Gasteiger partial charge on any atom is -0.378 e. The zero-order chi connectivity index (χ0) is 18.6. The summed E-state index contributed by atoms with van der Waals surface area (Å²) in [5.41, 5.74) is 4.80. The number of hydrogen-bond donors (Lipinski definition) is 1. The summed E-state index contributed by atoms with van der Waals surface area (Å²) >= 11 is 0. The highest BCUT2D eigenvalue weighted by Gasteiger charge is 2.26. The number of fused-ring (bicyclic) bond motifs is 1. The number of nitrogens with zero attached hydrogens (tertiary/aromatic N) is 2. The molecular weight excluding hydrogens is 338 g/mol. The molecule has 1 amide bonds. The maximum atomic E-state index is 12.5. The van der Waals surface area contributed by atoms with Crippen LogP contribution in [0, 0.1) is 0 Å². The number of benzene rings is 2. The third-order valence-corrected chi connectivity index (χ3v) is 5.55. The molecule has 27 heavy (non-hydrogen) atoms. The second-order valence-electron chi connectivity index (χ2n) is 7.36. The highest BCUT2D eigenvalue weighted by atomic mass is 16.5. The van der Waals surface area contributed by atoms with E-state index in [-0.39, 0.29) is 5.91 Å². The summed E-state index contributed by atoms with van der Waals surface area (Å²) in [4.78, 5) is 17.0. The number of carbonyl (C=O) groups is 1. The molecule has 1 atom stereocenters. The first-order chi connectivity index (χ1) is 13.2. The van der Waals surface area contributed by atoms with Crippen LogP contribution >= 0.6 is 0 Å². The molecule has 4 rings (SSSR count). The van der Waals surface area contributed by atoms with E-state index < -0.39 is 0 Å². The average Bonchev–Trinajstić information content (AvgIpc) is 3.13. The van der Waals surface area contributed by atoms with Gasteiger partial charge in [0, 0.05) is 30.5 Å². The molecule has 0 spiro atoms. The summed E-state index contributed by atoms with van der Waals surface area (Å²) in [5.74, 6) is 0.0287. The Morgan fingerprint density at radius 2 is 1.89 bits per heavy atom. The fourth-order valence-electron chi connectivity index (χ4n) is 4.11. The van der Waals surface area contributed by atoms with Crippen molar-refractivity contribution in [2.75, 3.05) is 50.1 Å². The molecule has 0 aromatic heterocycles. The van der Waals surface area contributed by atoms with Crippen LogP contribution in [-0.2, 0) is 16.0 Å². The van der Waals surface area contributed by atoms with Crippen LogP contribution in [-0.4, -0.2) is 50.7 Å². The van der Waals surface area contributed by atoms with Crippen LogP contribution in [0.15, 0.2) is 48.5 Å². The maximum absolute atomic E-state index is 12.5. The van der Waals surface area contributed by atoms with Gasteiger partial charge in [-0.1, -0.05) is 24.3 Å². The van der Waals surface area contributed by atoms with Gasteiger partial charge >= 0.3 is 0 Å². The number of morpholine rings is 1. The minimum absolute atomic E-state index is 0.0287. The molecule has 1 fully saturated rings. The van der Waals surface area contributed by atoms with Crippen LogP contribution in [0.25, 0.3) is 0 Å². The first-order valence-corrected chi connectivity index (χ1v) is 9.71. The molecule has 2 aliphatic rings. The summed E-state index contributed by atoms with van der Waals surface area (Å²) in [7, 11) is 2.04. The van der Waals surface area contributed by atoms with E-state index in [1.54, 1.807) is 0 Å². The number of aryl methyl sites for hydroxylation is 1. The van der Waals surface area contributed by atoms with E-state index in [9.17, 15) is 4.79 Å². The van der Waals surface area contributed by atoms with Gasteiger partial charge in [0.2, 0.25) is 5.91 Å². The number of likely N-dealkylation sites (N-methyl/N-ethyl adjacent to an activating group) is 1. The summed E-state index contributed by atoms with van der Waals surface area (Å²) in [6.07, 6.45) is 2.17. The lowest BCUT2D eigenvalue weighted by Crippen LogP contribution is -2.36. The largest absolute Gasteiger partial charge is 0.378 e. The quantitative estimate of drug-likeness (QED) is 0.884. The van der Waals surface area contributed by atoms with Gasteiger partial charge in [-0.3, -0.25) is 9.69 Å². The lowest BCUT2D eigenvalue weighted by Gasteiger charge is -2.29. The van der Waals surface area contributed by atoms with Gasteiger partial charge in [0.05, 0.1) is 19.8 Å². The van der Waals surface area contributed by atoms with Crippen molar-refractivity contribution in [3.8, 4) is 0 Å². The summed E-state index contributed by atoms with van der Waals surface area (Å²) in [6.45, 7) is 3.77. The van der Waals surface area contributed by atoms with Crippen LogP contribution in [0.4, 0.5) is 11.4 Å². The number of amides is 1. The van der Waals surface area contributed by atoms with Gasteiger partial charge in [0.25, 0.3) is 0 Å². The average molecular weight is 365 g/mol. The van der Waals surface area contributed by atoms with E-state index in [1.807, 2.05) is 19.2 Å². The lowest BCUT2D eigenvalue weighted by molar-refractivity contribution is -0.117. The van der Waals surface area contributed by atoms with Crippen molar-refractivity contribution in [2.24, 2.45) is 0 Å². The smallest absolute Gasteiger partial charge is 0.238 e. The highest BCUT2D eigenvalue weighted by Crippen LogP contribution is 2.34. The molecule has 2 aromatic carbocycles. The monoisotopic (exact) mass is 365 g/mol. The molecule has 5 nitrogen and oxygen atoms in total. The highest BCUT2D eigenvalue weighted by molar-refractivity contribution is 5.92. The zero-order valence-electron chi connectivity index (χ0n) is 15.9. The van der Waals surface area contributed by atoms with Gasteiger partial charge in [0.15, 0.2) is 0 Å². The number of hydrogen-bond acceptors (Lipinski definition) is 4. The molecule has 142 valence electrons. The van der Waals surface area contributed by atoms with Crippen molar-refractivity contribution in [3.05, 3.63) is 59.7 Å². The van der Waals surface area contributed by atoms with E-state index in [2.05, 4.69) is 51.5 Å². The van der Waals surface area contributed by atoms with Crippen molar-refractivity contribution >= 4 is 17.3 Å². The Balaban J connectivity index is 1.33. The second-order valence-corrected chi connectivity index (χ2v) is 7.36. The van der Waals surface area contributed by atoms with Crippen LogP contribution < -0.4 is 10.2 Å². The summed E-state index contributed by atoms with van der Waals surface area (Å²) in [6, 6.07) is 17.0. The number of rotatable bonds is 5. The molecular formula is C22H27N3O2. The van der Waals surface area contributed by atoms with Crippen LogP contribution in [0.5, 0.6) is 0 Å². The van der Waals surface area contributed by atoms with Gasteiger partial charge in [-0.05, 0) is 55.3 Å². The summed E-state index contributed by atoms with van der Waals surface area (Å²) in [5, 5.41) is 3.03. The van der Waals surface area contributed by atoms with Crippen LogP contribution in [0.3, 0.4) is 0 Å². The zero-order valence-corrected chi connectivity index (χ0v) is 15.9. The molecule has 0 saturated carbocycles. The Labute approximate surface area is 160 Å². The van der Waals surface area contributed by atoms with E-state index in [0.717, 1.165) is 44.8 Å². The predicted octanol–water partition coefficient (Wildman–Crippen LogP) is 3.08. The first kappa shape index (κ1) is 18.0. The SMILES string of the molecule is CN(CC(=O)Nc1ccc(N2CCOCC2)cc1)[C@H]1CCc2ccccc21. The van der Waals surface area contributed by atoms with Crippen molar-refractivity contribution in [2.45, 2.75) is 18.9 Å². The van der Waals surface area contributed by atoms with E-state index in [0.29, 0.717) is 12.6 Å². The van der Waals surface area contributed by atoms with E-state index >= 15 is 0 Å². The Morgan fingerprint density at radius 1 is 1.15 bits per heavy atom. The molecule has 0 radical (unpaired) electrons. The maximum Gasteiger partial charge on any atom is 0.238 e. The number of anilines is 2.